The van der Waals surface area contributed by atoms with Crippen molar-refractivity contribution >= 4 is 28.4 Å². The van der Waals surface area contributed by atoms with E-state index >= 15 is 0 Å². The highest BCUT2D eigenvalue weighted by molar-refractivity contribution is 7.80. The molecule has 2 aromatic carbocycles. The summed E-state index contributed by atoms with van der Waals surface area (Å²) in [6, 6.07) is 7.69. The molecule has 0 fully saturated rings. The molecule has 0 aliphatic heterocycles. The number of ketones is 1. The molecule has 2 aromatic rings. The second-order valence-electron chi connectivity index (χ2n) is 5.22. The van der Waals surface area contributed by atoms with Gasteiger partial charge < -0.3 is 14.2 Å². The molecule has 0 saturated carbocycles. The standard InChI is InChI=1S/C16H16F2N2O3S/c1-10(21)11-3-5-15(19-24(22)23)12(7-11)9-20(2)16-6-4-13(17)8-14(16)18/h3-8,19H,9H2,1-2H3,(H,22,23)/p-1. The predicted octanol–water partition coefficient (Wildman–Crippen LogP) is 3.01. The summed E-state index contributed by atoms with van der Waals surface area (Å²) in [5.74, 6) is -1.60. The Balaban J connectivity index is 2.36. The van der Waals surface area contributed by atoms with Crippen molar-refractivity contribution in [1.82, 2.24) is 0 Å². The fourth-order valence-corrected chi connectivity index (χ4v) is 2.64. The van der Waals surface area contributed by atoms with Crippen molar-refractivity contribution in [2.24, 2.45) is 0 Å². The van der Waals surface area contributed by atoms with Gasteiger partial charge in [0.25, 0.3) is 0 Å². The third-order valence-electron chi connectivity index (χ3n) is 3.43. The molecule has 0 bridgehead atoms. The Bertz CT molecular complexity index is 799. The quantitative estimate of drug-likeness (QED) is 0.640. The highest BCUT2D eigenvalue weighted by Crippen LogP contribution is 2.25. The van der Waals surface area contributed by atoms with Gasteiger partial charge in [-0.15, -0.1) is 0 Å². The molecule has 128 valence electrons. The Labute approximate surface area is 140 Å². The average molecular weight is 353 g/mol. The van der Waals surface area contributed by atoms with E-state index in [1.807, 2.05) is 0 Å². The molecule has 0 heterocycles. The number of nitrogens with one attached hydrogen (secondary N) is 1. The van der Waals surface area contributed by atoms with Crippen LogP contribution in [0, 0.1) is 11.6 Å². The second-order valence-corrected chi connectivity index (χ2v) is 5.89. The van der Waals surface area contributed by atoms with Crippen molar-refractivity contribution in [2.75, 3.05) is 16.7 Å². The van der Waals surface area contributed by atoms with Crippen LogP contribution in [0.5, 0.6) is 0 Å². The largest absolute Gasteiger partial charge is 0.755 e. The van der Waals surface area contributed by atoms with Gasteiger partial charge in [-0.2, -0.15) is 0 Å². The number of hydrogen-bond acceptors (Lipinski definition) is 4. The van der Waals surface area contributed by atoms with Crippen molar-refractivity contribution in [2.45, 2.75) is 13.5 Å². The summed E-state index contributed by atoms with van der Waals surface area (Å²) in [4.78, 5) is 13.0. The third-order valence-corrected chi connectivity index (χ3v) is 3.82. The summed E-state index contributed by atoms with van der Waals surface area (Å²) in [5.41, 5.74) is 1.32. The van der Waals surface area contributed by atoms with Crippen molar-refractivity contribution in [1.29, 1.82) is 0 Å². The van der Waals surface area contributed by atoms with E-state index in [4.69, 9.17) is 0 Å². The van der Waals surface area contributed by atoms with Crippen LogP contribution >= 0.6 is 0 Å². The van der Waals surface area contributed by atoms with Gasteiger partial charge in [-0.1, -0.05) is 0 Å². The molecule has 0 radical (unpaired) electrons. The van der Waals surface area contributed by atoms with E-state index in [1.165, 1.54) is 36.1 Å². The van der Waals surface area contributed by atoms with Gasteiger partial charge in [0.2, 0.25) is 0 Å². The lowest BCUT2D eigenvalue weighted by molar-refractivity contribution is 0.101. The van der Waals surface area contributed by atoms with Gasteiger partial charge in [-0.05, 0) is 42.8 Å². The highest BCUT2D eigenvalue weighted by atomic mass is 32.2. The normalized spacial score (nSPS) is 11.9. The Morgan fingerprint density at radius 2 is 1.96 bits per heavy atom. The highest BCUT2D eigenvalue weighted by Gasteiger charge is 2.13. The molecule has 1 unspecified atom stereocenters. The van der Waals surface area contributed by atoms with E-state index in [-0.39, 0.29) is 23.7 Å². The first kappa shape index (κ1) is 18.0. The zero-order valence-electron chi connectivity index (χ0n) is 13.0. The molecule has 24 heavy (non-hydrogen) atoms. The van der Waals surface area contributed by atoms with E-state index in [9.17, 15) is 22.3 Å². The lowest BCUT2D eigenvalue weighted by atomic mass is 10.1. The van der Waals surface area contributed by atoms with Crippen molar-refractivity contribution < 1.29 is 22.3 Å². The molecule has 0 aliphatic carbocycles. The minimum atomic E-state index is -2.54. The van der Waals surface area contributed by atoms with E-state index in [0.717, 1.165) is 12.1 Å². The third kappa shape index (κ3) is 4.36. The number of hydrogen-bond donors (Lipinski definition) is 1. The number of rotatable bonds is 6. The van der Waals surface area contributed by atoms with E-state index in [1.54, 1.807) is 7.05 Å². The summed E-state index contributed by atoms with van der Waals surface area (Å²) in [7, 11) is 1.58. The number of anilines is 2. The maximum absolute atomic E-state index is 13.9. The predicted molar refractivity (Wildman–Crippen MR) is 87.5 cm³/mol. The van der Waals surface area contributed by atoms with Gasteiger partial charge in [0, 0.05) is 36.5 Å². The van der Waals surface area contributed by atoms with Crippen LogP contribution in [0.4, 0.5) is 20.2 Å². The molecule has 2 rings (SSSR count). The smallest absolute Gasteiger partial charge is 0.159 e. The van der Waals surface area contributed by atoms with Gasteiger partial charge in [0.15, 0.2) is 5.78 Å². The first-order valence-corrected chi connectivity index (χ1v) is 8.01. The molecular weight excluding hydrogens is 338 g/mol. The van der Waals surface area contributed by atoms with Crippen molar-refractivity contribution in [3.63, 3.8) is 0 Å². The molecular formula is C16H15F2N2O3S-. The molecule has 1 atom stereocenters. The molecule has 0 aliphatic rings. The van der Waals surface area contributed by atoms with Gasteiger partial charge >= 0.3 is 0 Å². The Morgan fingerprint density at radius 1 is 1.25 bits per heavy atom. The van der Waals surface area contributed by atoms with E-state index in [2.05, 4.69) is 4.72 Å². The van der Waals surface area contributed by atoms with Crippen LogP contribution in [-0.4, -0.2) is 21.6 Å². The lowest BCUT2D eigenvalue weighted by Gasteiger charge is -2.23. The summed E-state index contributed by atoms with van der Waals surface area (Å²) >= 11 is -2.54. The van der Waals surface area contributed by atoms with Crippen LogP contribution < -0.4 is 9.62 Å². The van der Waals surface area contributed by atoms with Crippen LogP contribution in [-0.2, 0) is 17.8 Å². The van der Waals surface area contributed by atoms with Crippen molar-refractivity contribution in [3.8, 4) is 0 Å². The first-order chi connectivity index (χ1) is 11.3. The molecule has 0 amide bonds. The van der Waals surface area contributed by atoms with Crippen LogP contribution in [0.15, 0.2) is 36.4 Å². The number of Topliss-reactive ketones (excluding diaryl/α,β-unsaturated/α-hetero) is 1. The average Bonchev–Trinajstić information content (AvgIpc) is 2.48. The molecule has 8 heteroatoms. The first-order valence-electron chi connectivity index (χ1n) is 6.94. The zero-order chi connectivity index (χ0) is 17.9. The van der Waals surface area contributed by atoms with Gasteiger partial charge in [0.1, 0.15) is 11.6 Å². The van der Waals surface area contributed by atoms with Crippen LogP contribution in [0.2, 0.25) is 0 Å². The number of halogens is 2. The monoisotopic (exact) mass is 353 g/mol. The fraction of sp³-hybridized carbons (Fsp3) is 0.188. The van der Waals surface area contributed by atoms with E-state index < -0.39 is 22.9 Å². The maximum Gasteiger partial charge on any atom is 0.159 e. The van der Waals surface area contributed by atoms with Crippen LogP contribution in [0.1, 0.15) is 22.8 Å². The summed E-state index contributed by atoms with van der Waals surface area (Å²) < 4.78 is 50.9. The van der Waals surface area contributed by atoms with Gasteiger partial charge in [-0.3, -0.25) is 9.00 Å². The molecule has 1 N–H and O–H groups in total. The van der Waals surface area contributed by atoms with E-state index in [0.29, 0.717) is 11.1 Å². The van der Waals surface area contributed by atoms with Crippen LogP contribution in [0.25, 0.3) is 0 Å². The number of carbonyl (C=O) groups excluding carboxylic acids is 1. The second kappa shape index (κ2) is 7.50. The number of carbonyl (C=O) groups is 1. The Morgan fingerprint density at radius 3 is 2.54 bits per heavy atom. The van der Waals surface area contributed by atoms with Crippen LogP contribution in [0.3, 0.4) is 0 Å². The molecule has 0 saturated heterocycles. The molecule has 0 spiro atoms. The topological polar surface area (TPSA) is 72.5 Å². The lowest BCUT2D eigenvalue weighted by Crippen LogP contribution is -2.19. The SMILES string of the molecule is CC(=O)c1ccc(NS(=O)[O-])c(CN(C)c2ccc(F)cc2F)c1. The maximum atomic E-state index is 13.9. The number of benzene rings is 2. The summed E-state index contributed by atoms with van der Waals surface area (Å²) in [6.07, 6.45) is 0. The fourth-order valence-electron chi connectivity index (χ4n) is 2.26. The minimum Gasteiger partial charge on any atom is -0.755 e. The summed E-state index contributed by atoms with van der Waals surface area (Å²) in [6.45, 7) is 1.50. The Kier molecular flexibility index (Phi) is 5.63. The summed E-state index contributed by atoms with van der Waals surface area (Å²) in [5, 5.41) is 0. The van der Waals surface area contributed by atoms with Gasteiger partial charge in [-0.25, -0.2) is 8.78 Å². The Hall–Kier alpha value is -2.32. The molecule has 5 nitrogen and oxygen atoms in total. The number of nitrogens with zero attached hydrogens (tertiary/aromatic N) is 1. The molecule has 0 aromatic heterocycles. The zero-order valence-corrected chi connectivity index (χ0v) is 13.8. The van der Waals surface area contributed by atoms with Gasteiger partial charge in [0.05, 0.1) is 11.4 Å². The van der Waals surface area contributed by atoms with Crippen molar-refractivity contribution in [3.05, 3.63) is 59.2 Å². The minimum absolute atomic E-state index is 0.114.